The summed E-state index contributed by atoms with van der Waals surface area (Å²) in [4.78, 5) is 25.1. The van der Waals surface area contributed by atoms with Crippen LogP contribution in [0.2, 0.25) is 0 Å². The van der Waals surface area contributed by atoms with Crippen molar-refractivity contribution >= 4 is 12.0 Å². The van der Waals surface area contributed by atoms with Crippen molar-refractivity contribution in [3.05, 3.63) is 0 Å². The zero-order valence-corrected chi connectivity index (χ0v) is 11.5. The summed E-state index contributed by atoms with van der Waals surface area (Å²) in [5, 5.41) is 8.77. The number of rotatable bonds is 3. The highest BCUT2D eigenvalue weighted by Crippen LogP contribution is 2.33. The number of aliphatic carboxylic acids is 1. The molecule has 0 saturated carbocycles. The Morgan fingerprint density at radius 1 is 1.45 bits per heavy atom. The summed E-state index contributed by atoms with van der Waals surface area (Å²) in [6.07, 6.45) is -3.97. The van der Waals surface area contributed by atoms with Gasteiger partial charge in [-0.15, -0.1) is 0 Å². The normalized spacial score (nSPS) is 21.4. The highest BCUT2D eigenvalue weighted by Gasteiger charge is 2.43. The first kappa shape index (κ1) is 16.6. The van der Waals surface area contributed by atoms with E-state index < -0.39 is 30.0 Å². The van der Waals surface area contributed by atoms with Gasteiger partial charge < -0.3 is 14.9 Å². The summed E-state index contributed by atoms with van der Waals surface area (Å²) in [6.45, 7) is 1.34. The van der Waals surface area contributed by atoms with E-state index in [1.54, 1.807) is 0 Å². The van der Waals surface area contributed by atoms with Crippen LogP contribution in [0.3, 0.4) is 0 Å². The van der Waals surface area contributed by atoms with E-state index in [4.69, 9.17) is 5.11 Å². The van der Waals surface area contributed by atoms with Gasteiger partial charge in [-0.3, -0.25) is 4.79 Å². The maximum atomic E-state index is 12.7. The summed E-state index contributed by atoms with van der Waals surface area (Å²) >= 11 is 0. The Kier molecular flexibility index (Phi) is 5.24. The molecule has 1 aliphatic rings. The van der Waals surface area contributed by atoms with Crippen LogP contribution in [-0.2, 0) is 4.79 Å². The number of likely N-dealkylation sites (tertiary alicyclic amines) is 1. The highest BCUT2D eigenvalue weighted by molar-refractivity contribution is 5.76. The molecule has 5 nitrogen and oxygen atoms in total. The molecular formula is C12H19F3N2O3. The molecule has 0 aromatic heterocycles. The molecule has 1 fully saturated rings. The van der Waals surface area contributed by atoms with Crippen LogP contribution in [0, 0.1) is 11.8 Å². The Hall–Kier alpha value is -1.47. The van der Waals surface area contributed by atoms with Crippen molar-refractivity contribution in [1.29, 1.82) is 0 Å². The van der Waals surface area contributed by atoms with Gasteiger partial charge in [-0.05, 0) is 12.8 Å². The number of halogens is 3. The van der Waals surface area contributed by atoms with Crippen LogP contribution in [-0.4, -0.2) is 59.8 Å². The van der Waals surface area contributed by atoms with Crippen LogP contribution in [0.5, 0.6) is 0 Å². The first-order valence-electron chi connectivity index (χ1n) is 6.42. The molecule has 0 bridgehead atoms. The van der Waals surface area contributed by atoms with Gasteiger partial charge in [-0.2, -0.15) is 13.2 Å². The predicted octanol–water partition coefficient (Wildman–Crippen LogP) is 2.03. The Morgan fingerprint density at radius 2 is 2.05 bits per heavy atom. The summed E-state index contributed by atoms with van der Waals surface area (Å²) in [7, 11) is 1.40. The third kappa shape index (κ3) is 4.28. The monoisotopic (exact) mass is 296 g/mol. The molecule has 0 radical (unpaired) electrons. The lowest BCUT2D eigenvalue weighted by Crippen LogP contribution is -2.50. The molecule has 1 heterocycles. The van der Waals surface area contributed by atoms with E-state index in [1.165, 1.54) is 14.0 Å². The number of piperidine rings is 1. The Labute approximate surface area is 115 Å². The molecule has 1 rings (SSSR count). The number of carboxylic acid groups (broad SMARTS) is 1. The Balaban J connectivity index is 2.60. The number of carbonyl (C=O) groups is 2. The van der Waals surface area contributed by atoms with Gasteiger partial charge in [0, 0.05) is 26.7 Å². The standard InChI is InChI=1S/C12H19F3N2O3/c1-8(10(18)19)6-16(2)11(20)17-5-3-4-9(7-17)12(13,14)15/h8-9H,3-7H2,1-2H3,(H,18,19). The number of urea groups is 1. The van der Waals surface area contributed by atoms with E-state index in [0.717, 1.165) is 9.80 Å². The highest BCUT2D eigenvalue weighted by atomic mass is 19.4. The quantitative estimate of drug-likeness (QED) is 0.867. The molecule has 0 spiro atoms. The zero-order valence-electron chi connectivity index (χ0n) is 11.5. The second-order valence-corrected chi connectivity index (χ2v) is 5.23. The van der Waals surface area contributed by atoms with Crippen molar-refractivity contribution < 1.29 is 27.9 Å². The van der Waals surface area contributed by atoms with Gasteiger partial charge in [-0.1, -0.05) is 6.92 Å². The SMILES string of the molecule is CC(CN(C)C(=O)N1CCCC(C(F)(F)F)C1)C(=O)O. The third-order valence-electron chi connectivity index (χ3n) is 3.45. The fraction of sp³-hybridized carbons (Fsp3) is 0.833. The van der Waals surface area contributed by atoms with Gasteiger partial charge in [0.15, 0.2) is 0 Å². The summed E-state index contributed by atoms with van der Waals surface area (Å²) < 4.78 is 38.0. The molecule has 2 unspecified atom stereocenters. The maximum absolute atomic E-state index is 12.7. The molecule has 0 aliphatic carbocycles. The van der Waals surface area contributed by atoms with Crippen LogP contribution in [0.4, 0.5) is 18.0 Å². The molecule has 2 amide bonds. The molecule has 20 heavy (non-hydrogen) atoms. The number of hydrogen-bond acceptors (Lipinski definition) is 2. The number of carbonyl (C=O) groups excluding carboxylic acids is 1. The maximum Gasteiger partial charge on any atom is 0.393 e. The van der Waals surface area contributed by atoms with E-state index in [1.807, 2.05) is 0 Å². The van der Waals surface area contributed by atoms with Gasteiger partial charge in [0.05, 0.1) is 11.8 Å². The number of alkyl halides is 3. The van der Waals surface area contributed by atoms with Gasteiger partial charge in [0.25, 0.3) is 0 Å². The Bertz CT molecular complexity index is 373. The fourth-order valence-electron chi connectivity index (χ4n) is 2.23. The molecule has 116 valence electrons. The molecule has 0 aromatic carbocycles. The van der Waals surface area contributed by atoms with Gasteiger partial charge >= 0.3 is 18.2 Å². The summed E-state index contributed by atoms with van der Waals surface area (Å²) in [5.74, 6) is -3.30. The molecular weight excluding hydrogens is 277 g/mol. The van der Waals surface area contributed by atoms with Gasteiger partial charge in [0.1, 0.15) is 0 Å². The van der Waals surface area contributed by atoms with Crippen molar-refractivity contribution in [2.75, 3.05) is 26.7 Å². The smallest absolute Gasteiger partial charge is 0.393 e. The van der Waals surface area contributed by atoms with Crippen LogP contribution >= 0.6 is 0 Å². The lowest BCUT2D eigenvalue weighted by molar-refractivity contribution is -0.184. The minimum absolute atomic E-state index is 0.0264. The minimum Gasteiger partial charge on any atom is -0.481 e. The number of carboxylic acids is 1. The number of nitrogens with zero attached hydrogens (tertiary/aromatic N) is 2. The van der Waals surface area contributed by atoms with E-state index in [0.29, 0.717) is 6.42 Å². The van der Waals surface area contributed by atoms with Crippen LogP contribution < -0.4 is 0 Å². The van der Waals surface area contributed by atoms with Crippen molar-refractivity contribution in [2.45, 2.75) is 25.9 Å². The second kappa shape index (κ2) is 6.32. The van der Waals surface area contributed by atoms with Gasteiger partial charge in [-0.25, -0.2) is 4.79 Å². The zero-order chi connectivity index (χ0) is 15.5. The first-order chi connectivity index (χ1) is 9.12. The predicted molar refractivity (Wildman–Crippen MR) is 65.2 cm³/mol. The largest absolute Gasteiger partial charge is 0.481 e. The number of hydrogen-bond donors (Lipinski definition) is 1. The third-order valence-corrected chi connectivity index (χ3v) is 3.45. The lowest BCUT2D eigenvalue weighted by atomic mass is 9.98. The second-order valence-electron chi connectivity index (χ2n) is 5.23. The molecule has 1 N–H and O–H groups in total. The lowest BCUT2D eigenvalue weighted by Gasteiger charge is -2.36. The molecule has 2 atom stereocenters. The Morgan fingerprint density at radius 3 is 2.55 bits per heavy atom. The van der Waals surface area contributed by atoms with E-state index >= 15 is 0 Å². The average molecular weight is 296 g/mol. The average Bonchev–Trinajstić information content (AvgIpc) is 2.36. The van der Waals surface area contributed by atoms with E-state index in [-0.39, 0.29) is 26.1 Å². The minimum atomic E-state index is -4.30. The van der Waals surface area contributed by atoms with Crippen molar-refractivity contribution in [1.82, 2.24) is 9.80 Å². The van der Waals surface area contributed by atoms with Crippen molar-refractivity contribution in [3.8, 4) is 0 Å². The van der Waals surface area contributed by atoms with Crippen LogP contribution in [0.1, 0.15) is 19.8 Å². The van der Waals surface area contributed by atoms with Crippen LogP contribution in [0.25, 0.3) is 0 Å². The molecule has 1 saturated heterocycles. The number of amides is 2. The van der Waals surface area contributed by atoms with Crippen LogP contribution in [0.15, 0.2) is 0 Å². The first-order valence-corrected chi connectivity index (χ1v) is 6.42. The molecule has 8 heteroatoms. The summed E-state index contributed by atoms with van der Waals surface area (Å²) in [5.41, 5.74) is 0. The summed E-state index contributed by atoms with van der Waals surface area (Å²) in [6, 6.07) is -0.549. The molecule has 0 aromatic rings. The van der Waals surface area contributed by atoms with Crippen molar-refractivity contribution in [3.63, 3.8) is 0 Å². The topological polar surface area (TPSA) is 60.9 Å². The van der Waals surface area contributed by atoms with E-state index in [9.17, 15) is 22.8 Å². The van der Waals surface area contributed by atoms with Gasteiger partial charge in [0.2, 0.25) is 0 Å². The fourth-order valence-corrected chi connectivity index (χ4v) is 2.23. The van der Waals surface area contributed by atoms with Crippen molar-refractivity contribution in [2.24, 2.45) is 11.8 Å². The molecule has 1 aliphatic heterocycles. The van der Waals surface area contributed by atoms with E-state index in [2.05, 4.69) is 0 Å².